The van der Waals surface area contributed by atoms with Gasteiger partial charge in [0.25, 0.3) is 15.9 Å². The molecule has 0 aliphatic carbocycles. The van der Waals surface area contributed by atoms with Crippen LogP contribution in [-0.2, 0) is 14.8 Å². The third kappa shape index (κ3) is 6.74. The molecule has 0 aliphatic heterocycles. The summed E-state index contributed by atoms with van der Waals surface area (Å²) < 4.78 is 33.8. The molecule has 8 nitrogen and oxygen atoms in total. The van der Waals surface area contributed by atoms with Crippen molar-refractivity contribution in [1.82, 2.24) is 10.9 Å². The van der Waals surface area contributed by atoms with Gasteiger partial charge in [-0.25, -0.2) is 8.42 Å². The molecule has 0 unspecified atom stereocenters. The average molecular weight is 492 g/mol. The summed E-state index contributed by atoms with van der Waals surface area (Å²) in [7, 11) is -3.79. The first-order chi connectivity index (χ1) is 15.4. The van der Waals surface area contributed by atoms with Gasteiger partial charge < -0.3 is 4.74 Å². The number of benzene rings is 2. The van der Waals surface area contributed by atoms with Gasteiger partial charge in [0.1, 0.15) is 5.75 Å². The van der Waals surface area contributed by atoms with Crippen molar-refractivity contribution in [2.45, 2.75) is 16.0 Å². The minimum atomic E-state index is -3.79. The van der Waals surface area contributed by atoms with Crippen molar-refractivity contribution < 1.29 is 22.7 Å². The number of carbonyl (C=O) groups is 2. The summed E-state index contributed by atoms with van der Waals surface area (Å²) >= 11 is 2.91. The van der Waals surface area contributed by atoms with E-state index in [9.17, 15) is 18.0 Å². The van der Waals surface area contributed by atoms with E-state index in [1.807, 2.05) is 24.4 Å². The number of rotatable bonds is 9. The van der Waals surface area contributed by atoms with Gasteiger partial charge in [-0.2, -0.15) is 0 Å². The van der Waals surface area contributed by atoms with Crippen molar-refractivity contribution in [3.63, 3.8) is 0 Å². The number of thiophene rings is 1. The van der Waals surface area contributed by atoms with Crippen molar-refractivity contribution in [1.29, 1.82) is 0 Å². The van der Waals surface area contributed by atoms with Gasteiger partial charge in [-0.1, -0.05) is 6.07 Å². The Morgan fingerprint density at radius 1 is 1.00 bits per heavy atom. The molecule has 2 amide bonds. The Hall–Kier alpha value is -3.02. The summed E-state index contributed by atoms with van der Waals surface area (Å²) in [5, 5.41) is 1.92. The van der Waals surface area contributed by atoms with Crippen LogP contribution in [0.2, 0.25) is 0 Å². The van der Waals surface area contributed by atoms with Crippen LogP contribution in [0, 0.1) is 0 Å². The zero-order chi connectivity index (χ0) is 23.0. The molecule has 2 aromatic carbocycles. The minimum Gasteiger partial charge on any atom is -0.494 e. The first-order valence-corrected chi connectivity index (χ1v) is 12.8. The van der Waals surface area contributed by atoms with Crippen molar-refractivity contribution in [2.75, 3.05) is 17.1 Å². The highest BCUT2D eigenvalue weighted by Gasteiger charge is 2.15. The maximum Gasteiger partial charge on any atom is 0.269 e. The highest BCUT2D eigenvalue weighted by atomic mass is 32.2. The van der Waals surface area contributed by atoms with Crippen molar-refractivity contribution in [3.8, 4) is 5.75 Å². The molecule has 0 radical (unpaired) electrons. The SMILES string of the molecule is CCOc1ccc(S(=O)(=O)Nc2ccc(C(=O)NNC(=O)CSc3cccs3)cc2)cc1. The number of sulfonamides is 1. The fourth-order valence-corrected chi connectivity index (χ4v) is 5.15. The van der Waals surface area contributed by atoms with E-state index in [-0.39, 0.29) is 22.1 Å². The van der Waals surface area contributed by atoms with Crippen LogP contribution in [0.1, 0.15) is 17.3 Å². The summed E-state index contributed by atoms with van der Waals surface area (Å²) in [6.45, 7) is 2.33. The molecule has 3 aromatic rings. The molecule has 11 heteroatoms. The minimum absolute atomic E-state index is 0.0888. The lowest BCUT2D eigenvalue weighted by Crippen LogP contribution is -2.42. The molecule has 0 saturated carbocycles. The van der Waals surface area contributed by atoms with Gasteiger partial charge in [-0.05, 0) is 66.9 Å². The maximum atomic E-state index is 12.5. The van der Waals surface area contributed by atoms with Gasteiger partial charge in [0.2, 0.25) is 5.91 Å². The van der Waals surface area contributed by atoms with Gasteiger partial charge in [-0.15, -0.1) is 23.1 Å². The van der Waals surface area contributed by atoms with Crippen LogP contribution in [0.15, 0.2) is 75.1 Å². The molecule has 1 heterocycles. The lowest BCUT2D eigenvalue weighted by atomic mass is 10.2. The zero-order valence-electron chi connectivity index (χ0n) is 17.0. The fraction of sp³-hybridized carbons (Fsp3) is 0.143. The van der Waals surface area contributed by atoms with Crippen LogP contribution >= 0.6 is 23.1 Å². The second kappa shape index (κ2) is 11.0. The maximum absolute atomic E-state index is 12.5. The summed E-state index contributed by atoms with van der Waals surface area (Å²) in [4.78, 5) is 24.1. The smallest absolute Gasteiger partial charge is 0.269 e. The van der Waals surface area contributed by atoms with Crippen molar-refractivity contribution in [2.24, 2.45) is 0 Å². The quantitative estimate of drug-likeness (QED) is 0.312. The Morgan fingerprint density at radius 3 is 2.34 bits per heavy atom. The number of ether oxygens (including phenoxy) is 1. The van der Waals surface area contributed by atoms with Gasteiger partial charge >= 0.3 is 0 Å². The Morgan fingerprint density at radius 2 is 1.72 bits per heavy atom. The van der Waals surface area contributed by atoms with Crippen LogP contribution in [-0.4, -0.2) is 32.6 Å². The summed E-state index contributed by atoms with van der Waals surface area (Å²) in [6.07, 6.45) is 0. The second-order valence-corrected chi connectivity index (χ2v) is 10.2. The van der Waals surface area contributed by atoms with Crippen molar-refractivity contribution >= 4 is 50.6 Å². The van der Waals surface area contributed by atoms with Crippen LogP contribution in [0.25, 0.3) is 0 Å². The van der Waals surface area contributed by atoms with Gasteiger partial charge in [0.15, 0.2) is 0 Å². The first kappa shape index (κ1) is 23.6. The number of thioether (sulfide) groups is 1. The molecule has 3 rings (SSSR count). The molecular formula is C21H21N3O5S3. The van der Waals surface area contributed by atoms with E-state index in [0.717, 1.165) is 4.21 Å². The standard InChI is InChI=1S/C21H21N3O5S3/c1-2-29-17-9-11-18(12-10-17)32(27,28)24-16-7-5-15(6-8-16)21(26)23-22-19(25)14-31-20-4-3-13-30-20/h3-13,24H,2,14H2,1H3,(H,22,25)(H,23,26). The van der Waals surface area contributed by atoms with Crippen LogP contribution in [0.4, 0.5) is 5.69 Å². The van der Waals surface area contributed by atoms with Gasteiger partial charge in [0, 0.05) is 11.3 Å². The highest BCUT2D eigenvalue weighted by Crippen LogP contribution is 2.23. The number of carbonyl (C=O) groups excluding carboxylic acids is 2. The third-order valence-electron chi connectivity index (χ3n) is 4.00. The van der Waals surface area contributed by atoms with Crippen LogP contribution in [0.5, 0.6) is 5.75 Å². The molecule has 0 aliphatic rings. The normalized spacial score (nSPS) is 10.9. The molecule has 0 spiro atoms. The molecule has 0 saturated heterocycles. The Bertz CT molecular complexity index is 1150. The molecule has 0 fully saturated rings. The van der Waals surface area contributed by atoms with Crippen molar-refractivity contribution in [3.05, 3.63) is 71.6 Å². The molecule has 1 aromatic heterocycles. The van der Waals surface area contributed by atoms with Gasteiger partial charge in [-0.3, -0.25) is 25.2 Å². The molecule has 168 valence electrons. The van der Waals surface area contributed by atoms with E-state index in [1.165, 1.54) is 59.5 Å². The lowest BCUT2D eigenvalue weighted by Gasteiger charge is -2.10. The van der Waals surface area contributed by atoms with E-state index < -0.39 is 15.9 Å². The van der Waals surface area contributed by atoms with Gasteiger partial charge in [0.05, 0.1) is 21.5 Å². The van der Waals surface area contributed by atoms with E-state index >= 15 is 0 Å². The highest BCUT2D eigenvalue weighted by molar-refractivity contribution is 8.01. The Balaban J connectivity index is 1.52. The summed E-state index contributed by atoms with van der Waals surface area (Å²) in [5.41, 5.74) is 5.26. The Kier molecular flexibility index (Phi) is 8.14. The van der Waals surface area contributed by atoms with E-state index in [2.05, 4.69) is 15.6 Å². The molecular weight excluding hydrogens is 470 g/mol. The van der Waals surface area contributed by atoms with E-state index in [1.54, 1.807) is 12.1 Å². The fourth-order valence-electron chi connectivity index (χ4n) is 2.50. The Labute approximate surface area is 194 Å². The largest absolute Gasteiger partial charge is 0.494 e. The molecule has 32 heavy (non-hydrogen) atoms. The second-order valence-electron chi connectivity index (χ2n) is 6.31. The molecule has 0 bridgehead atoms. The first-order valence-electron chi connectivity index (χ1n) is 9.48. The number of hydrogen-bond donors (Lipinski definition) is 3. The number of anilines is 1. The summed E-state index contributed by atoms with van der Waals surface area (Å²) in [5.74, 6) is -0.0940. The number of nitrogens with one attached hydrogen (secondary N) is 3. The topological polar surface area (TPSA) is 114 Å². The number of amides is 2. The number of hydrogen-bond acceptors (Lipinski definition) is 7. The third-order valence-corrected chi connectivity index (χ3v) is 7.53. The zero-order valence-corrected chi connectivity index (χ0v) is 19.5. The van der Waals surface area contributed by atoms with E-state index in [0.29, 0.717) is 18.0 Å². The van der Waals surface area contributed by atoms with Crippen LogP contribution in [0.3, 0.4) is 0 Å². The predicted octanol–water partition coefficient (Wildman–Crippen LogP) is 3.50. The molecule has 3 N–H and O–H groups in total. The molecule has 0 atom stereocenters. The average Bonchev–Trinajstić information content (AvgIpc) is 3.31. The van der Waals surface area contributed by atoms with E-state index in [4.69, 9.17) is 4.74 Å². The summed E-state index contributed by atoms with van der Waals surface area (Å²) in [6, 6.07) is 15.7. The lowest BCUT2D eigenvalue weighted by molar-refractivity contribution is -0.119. The number of hydrazine groups is 1. The monoisotopic (exact) mass is 491 g/mol. The van der Waals surface area contributed by atoms with Crippen LogP contribution < -0.4 is 20.3 Å². The predicted molar refractivity (Wildman–Crippen MR) is 126 cm³/mol.